The first-order valence-electron chi connectivity index (χ1n) is 26.3. The molecule has 0 atom stereocenters. The van der Waals surface area contributed by atoms with Crippen LogP contribution < -0.4 is 19.6 Å². The van der Waals surface area contributed by atoms with Crippen molar-refractivity contribution >= 4 is 68.2 Å². The number of nitrogens with zero attached hydrogens (tertiary/aromatic N) is 5. The Morgan fingerprint density at radius 1 is 0.243 bits per heavy atom. The van der Waals surface area contributed by atoms with Gasteiger partial charge in [-0.1, -0.05) is 176 Å². The number of benzene rings is 10. The summed E-state index contributed by atoms with van der Waals surface area (Å²) in [5.41, 5.74) is 25.0. The number of hydrogen-bond acceptors (Lipinski definition) is 5. The van der Waals surface area contributed by atoms with Crippen LogP contribution >= 0.6 is 0 Å². The second kappa shape index (κ2) is 18.2. The van der Waals surface area contributed by atoms with Crippen LogP contribution in [0.15, 0.2) is 224 Å². The van der Waals surface area contributed by atoms with E-state index < -0.39 is 0 Å². The quantitative estimate of drug-likeness (QED) is 0.172. The fourth-order valence-electron chi connectivity index (χ4n) is 12.6. The van der Waals surface area contributed by atoms with Crippen molar-refractivity contribution in [2.75, 3.05) is 19.6 Å². The van der Waals surface area contributed by atoms with Crippen LogP contribution in [0.5, 0.6) is 0 Å². The Morgan fingerprint density at radius 3 is 0.757 bits per heavy atom. The highest BCUT2D eigenvalue weighted by molar-refractivity contribution is 6.15. The van der Waals surface area contributed by atoms with E-state index in [-0.39, 0.29) is 0 Å². The maximum absolute atomic E-state index is 13.0. The lowest BCUT2D eigenvalue weighted by Crippen LogP contribution is -2.26. The summed E-state index contributed by atoms with van der Waals surface area (Å²) in [5, 5.41) is 13.0. The molecule has 5 nitrogen and oxygen atoms in total. The Labute approximate surface area is 434 Å². The summed E-state index contributed by atoms with van der Waals surface area (Å²) in [4.78, 5) is 10.1. The number of rotatable bonds is 5. The van der Waals surface area contributed by atoms with Gasteiger partial charge in [-0.25, -0.2) is 0 Å². The molecule has 74 heavy (non-hydrogen) atoms. The average Bonchev–Trinajstić information content (AvgIpc) is 3.97. The number of anilines is 12. The van der Waals surface area contributed by atoms with Gasteiger partial charge < -0.3 is 19.6 Å². The molecule has 0 bridgehead atoms. The first-order chi connectivity index (χ1) is 36.7. The van der Waals surface area contributed by atoms with Gasteiger partial charge in [0.15, 0.2) is 0 Å². The third kappa shape index (κ3) is 7.05. The maximum atomic E-state index is 13.0. The average molecular weight is 952 g/mol. The smallest absolute Gasteiger partial charge is 0.104 e. The van der Waals surface area contributed by atoms with Crippen molar-refractivity contribution in [3.05, 3.63) is 275 Å². The predicted octanol–water partition coefficient (Wildman–Crippen LogP) is 17.5. The Kier molecular flexibility index (Phi) is 10.7. The molecule has 10 aromatic rings. The summed E-state index contributed by atoms with van der Waals surface area (Å²) >= 11 is 0. The third-order valence-electron chi connectivity index (χ3n) is 16.0. The summed E-state index contributed by atoms with van der Waals surface area (Å²) < 4.78 is 0. The molecule has 0 aromatic heterocycles. The molecule has 4 aliphatic heterocycles. The van der Waals surface area contributed by atoms with Crippen LogP contribution in [-0.2, 0) is 51.4 Å². The highest BCUT2D eigenvalue weighted by atomic mass is 15.3. The zero-order valence-corrected chi connectivity index (χ0v) is 41.3. The first kappa shape index (κ1) is 43.7. The number of fused-ring (bicyclic) bond motifs is 8. The van der Waals surface area contributed by atoms with Crippen LogP contribution in [0.3, 0.4) is 0 Å². The minimum absolute atomic E-state index is 0.594. The zero-order valence-electron chi connectivity index (χ0n) is 41.3. The van der Waals surface area contributed by atoms with E-state index in [1.54, 1.807) is 0 Å². The molecule has 354 valence electrons. The molecule has 0 amide bonds. The van der Waals surface area contributed by atoms with Crippen molar-refractivity contribution in [3.63, 3.8) is 0 Å². The molecule has 0 N–H and O–H groups in total. The molecular formula is C69H53N5. The largest absolute Gasteiger partial charge is 0.308 e. The normalized spacial score (nSPS) is 14.2. The molecule has 14 rings (SSSR count). The fourth-order valence-corrected chi connectivity index (χ4v) is 12.6. The van der Waals surface area contributed by atoms with Crippen molar-refractivity contribution < 1.29 is 0 Å². The van der Waals surface area contributed by atoms with Crippen LogP contribution in [0.2, 0.25) is 0 Å². The zero-order chi connectivity index (χ0) is 49.1. The van der Waals surface area contributed by atoms with Gasteiger partial charge >= 0.3 is 0 Å². The van der Waals surface area contributed by atoms with Crippen LogP contribution in [0.1, 0.15) is 50.1 Å². The van der Waals surface area contributed by atoms with E-state index in [2.05, 4.69) is 250 Å². The fraction of sp³-hybridized carbons (Fsp3) is 0.116. The molecule has 4 heterocycles. The molecule has 0 unspecified atom stereocenters. The predicted molar refractivity (Wildman–Crippen MR) is 305 cm³/mol. The minimum atomic E-state index is 0.594. The van der Waals surface area contributed by atoms with E-state index >= 15 is 0 Å². The minimum Gasteiger partial charge on any atom is -0.308 e. The van der Waals surface area contributed by atoms with Crippen LogP contribution in [-0.4, -0.2) is 0 Å². The molecule has 10 aromatic carbocycles. The van der Waals surface area contributed by atoms with E-state index in [0.29, 0.717) is 5.56 Å². The van der Waals surface area contributed by atoms with Gasteiger partial charge in [-0.3, -0.25) is 0 Å². The SMILES string of the molecule is N#Cc1c(N2c3ccccc3CCc3ccccc32)c(-c2ccccc2)c(N2c3ccccc3CCc3ccccc32)c(N2c3ccccc3CCc3ccccc32)c1N1c2ccccc2CCc2ccccc21. The summed E-state index contributed by atoms with van der Waals surface area (Å²) in [7, 11) is 0. The molecule has 0 spiro atoms. The van der Waals surface area contributed by atoms with Gasteiger partial charge in [-0.15, -0.1) is 0 Å². The standard InChI is InChI=1S/C69H53N5/c70-46-56-66(71-57-30-12-4-20-47(57)38-39-48-21-5-13-31-58(48)71)65(55-28-2-1-3-29-55)68(73-61-34-16-8-24-51(61)42-43-52-25-9-17-35-62(52)73)69(74-63-36-18-10-26-53(63)44-45-54-27-11-19-37-64(54)74)67(56)72-59-32-14-6-22-49(59)40-41-50-23-7-15-33-60(50)72/h1-37H,38-45H2. The van der Waals surface area contributed by atoms with Crippen LogP contribution in [0, 0.1) is 11.3 Å². The van der Waals surface area contributed by atoms with Crippen molar-refractivity contribution in [2.24, 2.45) is 0 Å². The van der Waals surface area contributed by atoms with Gasteiger partial charge in [-0.05, 0) is 150 Å². The molecule has 5 heteroatoms. The highest BCUT2D eigenvalue weighted by Crippen LogP contribution is 2.64. The summed E-state index contributed by atoms with van der Waals surface area (Å²) in [6.07, 6.45) is 6.95. The van der Waals surface area contributed by atoms with E-state index in [0.717, 1.165) is 131 Å². The lowest BCUT2D eigenvalue weighted by molar-refractivity contribution is 0.977. The highest BCUT2D eigenvalue weighted by Gasteiger charge is 2.42. The van der Waals surface area contributed by atoms with Gasteiger partial charge in [0.2, 0.25) is 0 Å². The molecule has 0 saturated heterocycles. The molecule has 4 aliphatic rings. The second-order valence-corrected chi connectivity index (χ2v) is 20.0. The number of para-hydroxylation sites is 8. The lowest BCUT2D eigenvalue weighted by Gasteiger charge is -2.42. The molecule has 0 saturated carbocycles. The summed E-state index contributed by atoms with van der Waals surface area (Å²) in [5.74, 6) is 0. The molecule has 0 aliphatic carbocycles. The number of aryl methyl sites for hydroxylation is 8. The van der Waals surface area contributed by atoms with Gasteiger partial charge in [0.05, 0.1) is 22.7 Å². The van der Waals surface area contributed by atoms with Gasteiger partial charge in [0.1, 0.15) is 11.6 Å². The summed E-state index contributed by atoms with van der Waals surface area (Å²) in [6, 6.07) is 85.8. The molecule has 0 radical (unpaired) electrons. The molecular weight excluding hydrogens is 899 g/mol. The number of hydrogen-bond donors (Lipinski definition) is 0. The van der Waals surface area contributed by atoms with Crippen molar-refractivity contribution in [3.8, 4) is 17.2 Å². The topological polar surface area (TPSA) is 36.8 Å². The van der Waals surface area contributed by atoms with Crippen molar-refractivity contribution in [1.82, 2.24) is 0 Å². The third-order valence-corrected chi connectivity index (χ3v) is 16.0. The van der Waals surface area contributed by atoms with Crippen molar-refractivity contribution in [1.29, 1.82) is 5.26 Å². The molecule has 0 fully saturated rings. The Hall–Kier alpha value is -9.11. The Bertz CT molecular complexity index is 3680. The number of nitriles is 1. The van der Waals surface area contributed by atoms with Gasteiger partial charge in [-0.2, -0.15) is 5.26 Å². The summed E-state index contributed by atoms with van der Waals surface area (Å²) in [6.45, 7) is 0. The van der Waals surface area contributed by atoms with Crippen molar-refractivity contribution in [2.45, 2.75) is 51.4 Å². The maximum Gasteiger partial charge on any atom is 0.104 e. The van der Waals surface area contributed by atoms with Gasteiger partial charge in [0, 0.05) is 51.1 Å². The monoisotopic (exact) mass is 951 g/mol. The Balaban J connectivity index is 1.30. The lowest BCUT2D eigenvalue weighted by atomic mass is 9.89. The van der Waals surface area contributed by atoms with E-state index in [1.165, 1.54) is 44.5 Å². The van der Waals surface area contributed by atoms with Crippen LogP contribution in [0.25, 0.3) is 11.1 Å². The Morgan fingerprint density at radius 2 is 0.473 bits per heavy atom. The van der Waals surface area contributed by atoms with Gasteiger partial charge in [0.25, 0.3) is 0 Å². The van der Waals surface area contributed by atoms with Crippen LogP contribution in [0.4, 0.5) is 68.2 Å². The second-order valence-electron chi connectivity index (χ2n) is 20.0. The first-order valence-corrected chi connectivity index (χ1v) is 26.3. The van der Waals surface area contributed by atoms with E-state index in [9.17, 15) is 5.26 Å². The van der Waals surface area contributed by atoms with E-state index in [4.69, 9.17) is 0 Å². The van der Waals surface area contributed by atoms with E-state index in [1.807, 2.05) is 0 Å².